The molecule has 2 N–H and O–H groups in total. The Hall–Kier alpha value is -1.59. The summed E-state index contributed by atoms with van der Waals surface area (Å²) in [4.78, 5) is 30.4. The molecule has 74 valence electrons. The van der Waals surface area contributed by atoms with Crippen LogP contribution in [-0.4, -0.2) is 36.6 Å². The van der Waals surface area contributed by atoms with Crippen LogP contribution in [0.25, 0.3) is 0 Å². The molecular weight excluding hydrogens is 178 g/mol. The first-order valence-electron chi connectivity index (χ1n) is 3.71. The molecule has 0 bridgehead atoms. The van der Waals surface area contributed by atoms with Crippen LogP contribution in [-0.2, 0) is 19.1 Å². The topological polar surface area (TPSA) is 92.7 Å². The van der Waals surface area contributed by atoms with Gasteiger partial charge in [0, 0.05) is 6.42 Å². The molecule has 0 aromatic heterocycles. The molecule has 0 radical (unpaired) electrons. The van der Waals surface area contributed by atoms with Gasteiger partial charge < -0.3 is 15.2 Å². The second kappa shape index (κ2) is 7.08. The Morgan fingerprint density at radius 3 is 2.69 bits per heavy atom. The van der Waals surface area contributed by atoms with Crippen molar-refractivity contribution in [3.05, 3.63) is 0 Å². The minimum Gasteiger partial charge on any atom is -0.481 e. The SMILES string of the molecule is O=CNCC(=O)OCCCC(=O)O. The van der Waals surface area contributed by atoms with E-state index < -0.39 is 11.9 Å². The molecule has 6 heteroatoms. The summed E-state index contributed by atoms with van der Waals surface area (Å²) < 4.78 is 4.57. The summed E-state index contributed by atoms with van der Waals surface area (Å²) >= 11 is 0. The van der Waals surface area contributed by atoms with E-state index in [9.17, 15) is 14.4 Å². The highest BCUT2D eigenvalue weighted by Crippen LogP contribution is 1.89. The van der Waals surface area contributed by atoms with Gasteiger partial charge in [-0.25, -0.2) is 0 Å². The molecule has 0 rings (SSSR count). The Kier molecular flexibility index (Phi) is 6.21. The number of amides is 1. The molecule has 0 atom stereocenters. The highest BCUT2D eigenvalue weighted by molar-refractivity contribution is 5.74. The van der Waals surface area contributed by atoms with Gasteiger partial charge in [0.05, 0.1) is 6.61 Å². The third-order valence-corrected chi connectivity index (χ3v) is 1.13. The lowest BCUT2D eigenvalue weighted by Crippen LogP contribution is -2.23. The highest BCUT2D eigenvalue weighted by atomic mass is 16.5. The van der Waals surface area contributed by atoms with Gasteiger partial charge in [0.2, 0.25) is 6.41 Å². The first-order chi connectivity index (χ1) is 6.16. The molecule has 0 spiro atoms. The summed E-state index contributed by atoms with van der Waals surface area (Å²) in [6.07, 6.45) is 0.634. The smallest absolute Gasteiger partial charge is 0.325 e. The van der Waals surface area contributed by atoms with Gasteiger partial charge in [-0.05, 0) is 6.42 Å². The third kappa shape index (κ3) is 8.32. The Balaban J connectivity index is 3.26. The van der Waals surface area contributed by atoms with E-state index in [1.54, 1.807) is 0 Å². The second-order valence-electron chi connectivity index (χ2n) is 2.22. The predicted molar refractivity (Wildman–Crippen MR) is 41.9 cm³/mol. The maximum absolute atomic E-state index is 10.7. The number of rotatable bonds is 7. The molecule has 0 saturated carbocycles. The van der Waals surface area contributed by atoms with Crippen molar-refractivity contribution in [2.45, 2.75) is 12.8 Å². The van der Waals surface area contributed by atoms with Gasteiger partial charge >= 0.3 is 11.9 Å². The monoisotopic (exact) mass is 189 g/mol. The number of carbonyl (C=O) groups is 3. The van der Waals surface area contributed by atoms with Crippen LogP contribution in [0.15, 0.2) is 0 Å². The van der Waals surface area contributed by atoms with Crippen molar-refractivity contribution in [1.29, 1.82) is 0 Å². The maximum atomic E-state index is 10.7. The van der Waals surface area contributed by atoms with Crippen LogP contribution in [0.2, 0.25) is 0 Å². The molecule has 0 aliphatic rings. The van der Waals surface area contributed by atoms with Crippen LogP contribution in [0, 0.1) is 0 Å². The molecular formula is C7H11NO5. The van der Waals surface area contributed by atoms with Crippen molar-refractivity contribution in [2.75, 3.05) is 13.2 Å². The maximum Gasteiger partial charge on any atom is 0.325 e. The van der Waals surface area contributed by atoms with E-state index in [1.807, 2.05) is 0 Å². The molecule has 0 saturated heterocycles. The number of hydrogen-bond donors (Lipinski definition) is 2. The molecule has 0 aromatic rings. The fourth-order valence-electron chi connectivity index (χ4n) is 0.585. The Bertz CT molecular complexity index is 191. The van der Waals surface area contributed by atoms with Crippen molar-refractivity contribution in [1.82, 2.24) is 5.32 Å². The van der Waals surface area contributed by atoms with Gasteiger partial charge in [-0.3, -0.25) is 14.4 Å². The second-order valence-corrected chi connectivity index (χ2v) is 2.22. The minimum absolute atomic E-state index is 0.0333. The number of aliphatic carboxylic acids is 1. The van der Waals surface area contributed by atoms with Crippen LogP contribution >= 0.6 is 0 Å². The average molecular weight is 189 g/mol. The van der Waals surface area contributed by atoms with E-state index >= 15 is 0 Å². The number of ether oxygens (including phenoxy) is 1. The third-order valence-electron chi connectivity index (χ3n) is 1.13. The Morgan fingerprint density at radius 2 is 2.15 bits per heavy atom. The quantitative estimate of drug-likeness (QED) is 0.309. The summed E-state index contributed by atoms with van der Waals surface area (Å²) in [5.41, 5.74) is 0. The van der Waals surface area contributed by atoms with Crippen molar-refractivity contribution in [3.63, 3.8) is 0 Å². The van der Waals surface area contributed by atoms with Gasteiger partial charge in [0.1, 0.15) is 6.54 Å². The molecule has 0 fully saturated rings. The summed E-state index contributed by atoms with van der Waals surface area (Å²) in [5.74, 6) is -1.50. The van der Waals surface area contributed by atoms with E-state index in [1.165, 1.54) is 0 Å². The van der Waals surface area contributed by atoms with Gasteiger partial charge in [-0.2, -0.15) is 0 Å². The fourth-order valence-corrected chi connectivity index (χ4v) is 0.585. The fraction of sp³-hybridized carbons (Fsp3) is 0.571. The number of nitrogens with one attached hydrogen (secondary N) is 1. The molecule has 0 heterocycles. The number of hydrogen-bond acceptors (Lipinski definition) is 4. The van der Waals surface area contributed by atoms with Crippen LogP contribution in [0.3, 0.4) is 0 Å². The summed E-state index contributed by atoms with van der Waals surface area (Å²) in [6.45, 7) is -0.123. The molecule has 0 aliphatic carbocycles. The lowest BCUT2D eigenvalue weighted by Gasteiger charge is -2.01. The summed E-state index contributed by atoms with van der Waals surface area (Å²) in [5, 5.41) is 10.3. The standard InChI is InChI=1S/C7H11NO5/c9-5-8-4-7(12)13-3-1-2-6(10)11/h5H,1-4H2,(H,8,9)(H,10,11). The van der Waals surface area contributed by atoms with Crippen molar-refractivity contribution in [3.8, 4) is 0 Å². The normalized spacial score (nSPS) is 8.92. The first kappa shape index (κ1) is 11.4. The van der Waals surface area contributed by atoms with Crippen LogP contribution < -0.4 is 5.32 Å². The van der Waals surface area contributed by atoms with Gasteiger partial charge in [-0.15, -0.1) is 0 Å². The van der Waals surface area contributed by atoms with Gasteiger partial charge in [0.25, 0.3) is 0 Å². The zero-order chi connectivity index (χ0) is 10.1. The highest BCUT2D eigenvalue weighted by Gasteiger charge is 2.01. The number of carboxylic acid groups (broad SMARTS) is 1. The van der Waals surface area contributed by atoms with Crippen molar-refractivity contribution in [2.24, 2.45) is 0 Å². The summed E-state index contributed by atoms with van der Waals surface area (Å²) in [7, 11) is 0. The number of esters is 1. The zero-order valence-electron chi connectivity index (χ0n) is 6.99. The Labute approximate surface area is 74.9 Å². The van der Waals surface area contributed by atoms with E-state index in [0.717, 1.165) is 0 Å². The van der Waals surface area contributed by atoms with Gasteiger partial charge in [-0.1, -0.05) is 0 Å². The first-order valence-corrected chi connectivity index (χ1v) is 3.71. The lowest BCUT2D eigenvalue weighted by atomic mass is 10.3. The number of carbonyl (C=O) groups excluding carboxylic acids is 2. The predicted octanol–water partition coefficient (Wildman–Crippen LogP) is -0.860. The lowest BCUT2D eigenvalue weighted by molar-refractivity contribution is -0.145. The van der Waals surface area contributed by atoms with E-state index in [4.69, 9.17) is 5.11 Å². The molecule has 13 heavy (non-hydrogen) atoms. The van der Waals surface area contributed by atoms with Crippen LogP contribution in [0.1, 0.15) is 12.8 Å². The molecule has 1 amide bonds. The molecule has 6 nitrogen and oxygen atoms in total. The molecule has 0 aliphatic heterocycles. The largest absolute Gasteiger partial charge is 0.481 e. The van der Waals surface area contributed by atoms with E-state index in [0.29, 0.717) is 6.41 Å². The Morgan fingerprint density at radius 1 is 1.46 bits per heavy atom. The molecule has 0 aromatic carbocycles. The van der Waals surface area contributed by atoms with Crippen molar-refractivity contribution < 1.29 is 24.2 Å². The van der Waals surface area contributed by atoms with Crippen molar-refractivity contribution >= 4 is 18.3 Å². The molecule has 0 unspecified atom stereocenters. The van der Waals surface area contributed by atoms with Gasteiger partial charge in [0.15, 0.2) is 0 Å². The zero-order valence-corrected chi connectivity index (χ0v) is 6.99. The van der Waals surface area contributed by atoms with Crippen LogP contribution in [0.4, 0.5) is 0 Å². The average Bonchev–Trinajstić information content (AvgIpc) is 2.08. The summed E-state index contributed by atoms with van der Waals surface area (Å²) in [6, 6.07) is 0. The number of carboxylic acids is 1. The van der Waals surface area contributed by atoms with E-state index in [-0.39, 0.29) is 26.0 Å². The minimum atomic E-state index is -0.929. The van der Waals surface area contributed by atoms with E-state index in [2.05, 4.69) is 10.1 Å². The van der Waals surface area contributed by atoms with Crippen LogP contribution in [0.5, 0.6) is 0 Å².